The van der Waals surface area contributed by atoms with E-state index in [2.05, 4.69) is 50.2 Å². The van der Waals surface area contributed by atoms with Crippen LogP contribution in [0.3, 0.4) is 0 Å². The number of hydrogen-bond acceptors (Lipinski definition) is 6. The summed E-state index contributed by atoms with van der Waals surface area (Å²) < 4.78 is 10.6. The maximum atomic E-state index is 13.6. The summed E-state index contributed by atoms with van der Waals surface area (Å²) in [5, 5.41) is 0. The molecule has 0 spiro atoms. The molecule has 0 fully saturated rings. The van der Waals surface area contributed by atoms with E-state index in [1.807, 2.05) is 29.3 Å². The molecule has 0 aliphatic carbocycles. The van der Waals surface area contributed by atoms with Crippen LogP contribution in [0.25, 0.3) is 11.1 Å². The predicted octanol–water partition coefficient (Wildman–Crippen LogP) is 4.15. The maximum Gasteiger partial charge on any atom is 0.259 e. The molecule has 0 unspecified atom stereocenters. The van der Waals surface area contributed by atoms with Gasteiger partial charge in [-0.15, -0.1) is 0 Å². The number of nitrogens with one attached hydrogen (secondary N) is 1. The van der Waals surface area contributed by atoms with Crippen molar-refractivity contribution >= 4 is 11.6 Å². The highest BCUT2D eigenvalue weighted by Gasteiger charge is 2.27. The largest absolute Gasteiger partial charge is 0.481 e. The number of imidazole rings is 1. The molecule has 0 saturated carbocycles. The highest BCUT2D eigenvalue weighted by atomic mass is 16.5. The number of H-pyrrole nitrogens is 1. The fourth-order valence-electron chi connectivity index (χ4n) is 4.41. The van der Waals surface area contributed by atoms with Crippen LogP contribution >= 0.6 is 0 Å². The van der Waals surface area contributed by atoms with Gasteiger partial charge in [-0.2, -0.15) is 4.98 Å². The van der Waals surface area contributed by atoms with Crippen LogP contribution in [0.2, 0.25) is 0 Å². The van der Waals surface area contributed by atoms with Crippen molar-refractivity contribution in [2.45, 2.75) is 13.1 Å². The quantitative estimate of drug-likeness (QED) is 0.457. The number of benzene rings is 2. The number of aromatic amines is 1. The molecule has 0 bridgehead atoms. The Morgan fingerprint density at radius 1 is 1.00 bits per heavy atom. The number of methoxy groups -OCH3 is 2. The Morgan fingerprint density at radius 3 is 2.60 bits per heavy atom. The number of aromatic nitrogens is 3. The van der Waals surface area contributed by atoms with Crippen molar-refractivity contribution in [2.75, 3.05) is 32.2 Å². The standard InChI is InChI=1S/C27H27N5O3/c1-34-25-11-9-22(26(30-25)35-2)27(33)32-15-14-31(18-24-28-12-13-29-24)23-10-8-20(16-21(23)17-32)19-6-4-3-5-7-19/h3-13,16H,14-15,17-18H2,1-2H3,(H,28,29). The third-order valence-corrected chi connectivity index (χ3v) is 6.18. The van der Waals surface area contributed by atoms with Gasteiger partial charge in [0, 0.05) is 43.8 Å². The summed E-state index contributed by atoms with van der Waals surface area (Å²) in [7, 11) is 3.04. The zero-order chi connectivity index (χ0) is 24.2. The lowest BCUT2D eigenvalue weighted by Gasteiger charge is -2.24. The second-order valence-corrected chi connectivity index (χ2v) is 8.30. The Balaban J connectivity index is 1.51. The summed E-state index contributed by atoms with van der Waals surface area (Å²) in [6.07, 6.45) is 3.58. The van der Waals surface area contributed by atoms with Gasteiger partial charge in [-0.1, -0.05) is 36.4 Å². The monoisotopic (exact) mass is 469 g/mol. The smallest absolute Gasteiger partial charge is 0.259 e. The van der Waals surface area contributed by atoms with Gasteiger partial charge >= 0.3 is 0 Å². The third-order valence-electron chi connectivity index (χ3n) is 6.18. The van der Waals surface area contributed by atoms with Gasteiger partial charge in [0.25, 0.3) is 5.91 Å². The molecule has 2 aromatic heterocycles. The molecule has 2 aromatic carbocycles. The van der Waals surface area contributed by atoms with Gasteiger partial charge in [0.05, 0.1) is 20.8 Å². The van der Waals surface area contributed by atoms with Crippen LogP contribution in [-0.4, -0.2) is 53.1 Å². The number of rotatable bonds is 6. The Hall–Kier alpha value is -4.33. The van der Waals surface area contributed by atoms with Gasteiger partial charge in [0.15, 0.2) is 0 Å². The average Bonchev–Trinajstić information content (AvgIpc) is 3.36. The van der Waals surface area contributed by atoms with E-state index in [-0.39, 0.29) is 11.8 Å². The van der Waals surface area contributed by atoms with Crippen molar-refractivity contribution in [1.82, 2.24) is 19.9 Å². The molecular weight excluding hydrogens is 442 g/mol. The second kappa shape index (κ2) is 9.89. The van der Waals surface area contributed by atoms with Gasteiger partial charge in [-0.05, 0) is 34.9 Å². The molecule has 0 atom stereocenters. The van der Waals surface area contributed by atoms with Crippen molar-refractivity contribution in [2.24, 2.45) is 0 Å². The Labute approximate surface area is 204 Å². The lowest BCUT2D eigenvalue weighted by Crippen LogP contribution is -2.35. The number of anilines is 1. The van der Waals surface area contributed by atoms with Crippen molar-refractivity contribution in [1.29, 1.82) is 0 Å². The van der Waals surface area contributed by atoms with Gasteiger partial charge in [0.2, 0.25) is 11.8 Å². The van der Waals surface area contributed by atoms with E-state index in [0.29, 0.717) is 37.6 Å². The van der Waals surface area contributed by atoms with E-state index < -0.39 is 0 Å². The molecule has 4 aromatic rings. The maximum absolute atomic E-state index is 13.6. The lowest BCUT2D eigenvalue weighted by molar-refractivity contribution is 0.0747. The second-order valence-electron chi connectivity index (χ2n) is 8.30. The molecule has 0 radical (unpaired) electrons. The van der Waals surface area contributed by atoms with Crippen LogP contribution in [-0.2, 0) is 13.1 Å². The van der Waals surface area contributed by atoms with Crippen LogP contribution in [0.4, 0.5) is 5.69 Å². The number of carbonyl (C=O) groups is 1. The molecule has 1 N–H and O–H groups in total. The molecule has 8 heteroatoms. The van der Waals surface area contributed by atoms with Crippen LogP contribution in [0.15, 0.2) is 73.1 Å². The number of nitrogens with zero attached hydrogens (tertiary/aromatic N) is 4. The minimum absolute atomic E-state index is 0.132. The number of pyridine rings is 1. The summed E-state index contributed by atoms with van der Waals surface area (Å²) in [6, 6.07) is 20.1. The topological polar surface area (TPSA) is 83.6 Å². The van der Waals surface area contributed by atoms with E-state index in [9.17, 15) is 4.79 Å². The van der Waals surface area contributed by atoms with Crippen molar-refractivity contribution < 1.29 is 14.3 Å². The van der Waals surface area contributed by atoms with Crippen molar-refractivity contribution in [3.8, 4) is 22.9 Å². The van der Waals surface area contributed by atoms with Gasteiger partial charge < -0.3 is 24.3 Å². The Bertz CT molecular complexity index is 1310. The first-order valence-electron chi connectivity index (χ1n) is 11.5. The van der Waals surface area contributed by atoms with E-state index in [0.717, 1.165) is 28.2 Å². The van der Waals surface area contributed by atoms with E-state index in [4.69, 9.17) is 9.47 Å². The number of carbonyl (C=O) groups excluding carboxylic acids is 1. The zero-order valence-electron chi connectivity index (χ0n) is 19.8. The highest BCUT2D eigenvalue weighted by Crippen LogP contribution is 2.32. The molecule has 8 nitrogen and oxygen atoms in total. The fraction of sp³-hybridized carbons (Fsp3) is 0.222. The summed E-state index contributed by atoms with van der Waals surface area (Å²) in [5.74, 6) is 1.40. The van der Waals surface area contributed by atoms with E-state index >= 15 is 0 Å². The first kappa shape index (κ1) is 22.5. The van der Waals surface area contributed by atoms with Crippen molar-refractivity contribution in [3.05, 3.63) is 90.0 Å². The van der Waals surface area contributed by atoms with Crippen molar-refractivity contribution in [3.63, 3.8) is 0 Å². The first-order chi connectivity index (χ1) is 17.2. The average molecular weight is 470 g/mol. The SMILES string of the molecule is COc1ccc(C(=O)N2CCN(Cc3ncc[nH]3)c3ccc(-c4ccccc4)cc3C2)c(OC)n1. The minimum Gasteiger partial charge on any atom is -0.481 e. The molecule has 35 heavy (non-hydrogen) atoms. The van der Waals surface area contributed by atoms with Crippen LogP contribution in [0.1, 0.15) is 21.7 Å². The van der Waals surface area contributed by atoms with E-state index in [1.165, 1.54) is 14.2 Å². The minimum atomic E-state index is -0.132. The van der Waals surface area contributed by atoms with E-state index in [1.54, 1.807) is 18.3 Å². The third kappa shape index (κ3) is 4.68. The molecule has 3 heterocycles. The van der Waals surface area contributed by atoms with Gasteiger partial charge in [0.1, 0.15) is 11.4 Å². The Morgan fingerprint density at radius 2 is 1.86 bits per heavy atom. The zero-order valence-corrected chi connectivity index (χ0v) is 19.8. The fourth-order valence-corrected chi connectivity index (χ4v) is 4.41. The molecular formula is C27H27N5O3. The molecule has 1 amide bonds. The number of ether oxygens (including phenoxy) is 2. The van der Waals surface area contributed by atoms with Crippen LogP contribution in [0, 0.1) is 0 Å². The first-order valence-corrected chi connectivity index (χ1v) is 11.5. The summed E-state index contributed by atoms with van der Waals surface area (Å²) >= 11 is 0. The number of hydrogen-bond donors (Lipinski definition) is 1. The predicted molar refractivity (Wildman–Crippen MR) is 134 cm³/mol. The van der Waals surface area contributed by atoms with Crippen LogP contribution in [0.5, 0.6) is 11.8 Å². The number of fused-ring (bicyclic) bond motifs is 1. The Kier molecular flexibility index (Phi) is 6.34. The molecule has 1 aliphatic rings. The highest BCUT2D eigenvalue weighted by molar-refractivity contribution is 5.96. The molecule has 1 aliphatic heterocycles. The van der Waals surface area contributed by atoms with Crippen LogP contribution < -0.4 is 14.4 Å². The van der Waals surface area contributed by atoms with Gasteiger partial charge in [-0.25, -0.2) is 4.98 Å². The summed E-state index contributed by atoms with van der Waals surface area (Å²) in [5.41, 5.74) is 4.82. The molecule has 178 valence electrons. The lowest BCUT2D eigenvalue weighted by atomic mass is 10.0. The molecule has 5 rings (SSSR count). The molecule has 0 saturated heterocycles. The van der Waals surface area contributed by atoms with Gasteiger partial charge in [-0.3, -0.25) is 4.79 Å². The number of amides is 1. The normalized spacial score (nSPS) is 13.2. The summed E-state index contributed by atoms with van der Waals surface area (Å²) in [4.78, 5) is 29.7. The summed E-state index contributed by atoms with van der Waals surface area (Å²) in [6.45, 7) is 2.30.